The number of hydrogen-bond acceptors (Lipinski definition) is 1. The molecule has 80 valence electrons. The third-order valence-corrected chi connectivity index (χ3v) is 2.91. The van der Waals surface area contributed by atoms with Gasteiger partial charge in [-0.1, -0.05) is 18.2 Å². The standard InChI is InChI=1S/C12H13ClFN/c1-9-4-2-3-7-15(9)12-6-5-10(13)8-11(12)14/h5-6,8H,1-4,7H2. The second-order valence-electron chi connectivity index (χ2n) is 3.77. The van der Waals surface area contributed by atoms with Crippen molar-refractivity contribution in [2.45, 2.75) is 19.3 Å². The second kappa shape index (κ2) is 4.23. The average Bonchev–Trinajstić information content (AvgIpc) is 2.20. The molecule has 0 unspecified atom stereocenters. The number of piperidine rings is 1. The van der Waals surface area contributed by atoms with E-state index < -0.39 is 0 Å². The third kappa shape index (κ3) is 2.15. The minimum absolute atomic E-state index is 0.273. The molecule has 1 aliphatic rings. The number of allylic oxidation sites excluding steroid dienone is 1. The smallest absolute Gasteiger partial charge is 0.148 e. The minimum Gasteiger partial charge on any atom is -0.343 e. The summed E-state index contributed by atoms with van der Waals surface area (Å²) >= 11 is 5.71. The van der Waals surface area contributed by atoms with Crippen molar-refractivity contribution in [2.75, 3.05) is 11.4 Å². The predicted octanol–water partition coefficient (Wildman–Crippen LogP) is 3.98. The largest absolute Gasteiger partial charge is 0.343 e. The fourth-order valence-corrected chi connectivity index (χ4v) is 2.04. The van der Waals surface area contributed by atoms with E-state index in [0.717, 1.165) is 31.5 Å². The van der Waals surface area contributed by atoms with Gasteiger partial charge in [0.2, 0.25) is 0 Å². The van der Waals surface area contributed by atoms with Gasteiger partial charge in [0, 0.05) is 17.3 Å². The molecule has 1 aromatic rings. The van der Waals surface area contributed by atoms with Crippen LogP contribution >= 0.6 is 11.6 Å². The van der Waals surface area contributed by atoms with Crippen LogP contribution in [-0.4, -0.2) is 6.54 Å². The van der Waals surface area contributed by atoms with Crippen LogP contribution in [0.25, 0.3) is 0 Å². The number of rotatable bonds is 1. The Bertz CT molecular complexity index is 389. The number of halogens is 2. The Labute approximate surface area is 94.2 Å². The van der Waals surface area contributed by atoms with Gasteiger partial charge in [0.15, 0.2) is 0 Å². The van der Waals surface area contributed by atoms with Crippen LogP contribution in [0.4, 0.5) is 10.1 Å². The molecule has 1 aliphatic heterocycles. The molecule has 0 aromatic heterocycles. The van der Waals surface area contributed by atoms with Crippen LogP contribution in [0, 0.1) is 5.82 Å². The van der Waals surface area contributed by atoms with E-state index in [2.05, 4.69) is 6.58 Å². The van der Waals surface area contributed by atoms with Gasteiger partial charge in [-0.3, -0.25) is 0 Å². The van der Waals surface area contributed by atoms with E-state index in [1.54, 1.807) is 12.1 Å². The number of hydrogen-bond donors (Lipinski definition) is 0. The SMILES string of the molecule is C=C1CCCCN1c1ccc(Cl)cc1F. The molecular weight excluding hydrogens is 213 g/mol. The summed E-state index contributed by atoms with van der Waals surface area (Å²) in [4.78, 5) is 1.94. The molecule has 2 rings (SSSR count). The Balaban J connectivity index is 2.31. The van der Waals surface area contributed by atoms with Crippen LogP contribution in [0.3, 0.4) is 0 Å². The predicted molar refractivity (Wildman–Crippen MR) is 61.7 cm³/mol. The normalized spacial score (nSPS) is 16.9. The lowest BCUT2D eigenvalue weighted by Crippen LogP contribution is -2.27. The third-order valence-electron chi connectivity index (χ3n) is 2.68. The zero-order valence-electron chi connectivity index (χ0n) is 8.47. The fraction of sp³-hybridized carbons (Fsp3) is 0.333. The fourth-order valence-electron chi connectivity index (χ4n) is 1.88. The van der Waals surface area contributed by atoms with Gasteiger partial charge in [-0.15, -0.1) is 0 Å². The Morgan fingerprint density at radius 1 is 1.33 bits per heavy atom. The molecular formula is C12H13ClFN. The molecule has 1 nitrogen and oxygen atoms in total. The van der Waals surface area contributed by atoms with Gasteiger partial charge in [-0.2, -0.15) is 0 Å². The summed E-state index contributed by atoms with van der Waals surface area (Å²) < 4.78 is 13.6. The summed E-state index contributed by atoms with van der Waals surface area (Å²) in [6.07, 6.45) is 3.17. The van der Waals surface area contributed by atoms with Crippen molar-refractivity contribution in [1.82, 2.24) is 0 Å². The lowest BCUT2D eigenvalue weighted by molar-refractivity contribution is 0.597. The topological polar surface area (TPSA) is 3.24 Å². The van der Waals surface area contributed by atoms with Crippen molar-refractivity contribution in [3.8, 4) is 0 Å². The molecule has 0 spiro atoms. The minimum atomic E-state index is -0.273. The molecule has 0 N–H and O–H groups in total. The van der Waals surface area contributed by atoms with Gasteiger partial charge in [0.05, 0.1) is 5.69 Å². The highest BCUT2D eigenvalue weighted by Gasteiger charge is 2.17. The van der Waals surface area contributed by atoms with Crippen LogP contribution < -0.4 is 4.90 Å². The molecule has 0 aliphatic carbocycles. The molecule has 1 heterocycles. The monoisotopic (exact) mass is 225 g/mol. The van der Waals surface area contributed by atoms with Crippen LogP contribution in [0.1, 0.15) is 19.3 Å². The first-order valence-corrected chi connectivity index (χ1v) is 5.46. The number of benzene rings is 1. The Morgan fingerprint density at radius 2 is 2.13 bits per heavy atom. The van der Waals surface area contributed by atoms with Crippen LogP contribution in [0.5, 0.6) is 0 Å². The maximum Gasteiger partial charge on any atom is 0.148 e. The van der Waals surface area contributed by atoms with Gasteiger partial charge in [0.1, 0.15) is 5.82 Å². The van der Waals surface area contributed by atoms with Crippen molar-refractivity contribution in [3.63, 3.8) is 0 Å². The maximum absolute atomic E-state index is 13.6. The summed E-state index contributed by atoms with van der Waals surface area (Å²) in [5.41, 5.74) is 1.58. The summed E-state index contributed by atoms with van der Waals surface area (Å²) in [6.45, 7) is 4.81. The first-order valence-electron chi connectivity index (χ1n) is 5.09. The second-order valence-corrected chi connectivity index (χ2v) is 4.21. The van der Waals surface area contributed by atoms with Crippen molar-refractivity contribution in [3.05, 3.63) is 41.3 Å². The van der Waals surface area contributed by atoms with Crippen LogP contribution in [0.15, 0.2) is 30.5 Å². The van der Waals surface area contributed by atoms with Gasteiger partial charge < -0.3 is 4.90 Å². The summed E-state index contributed by atoms with van der Waals surface area (Å²) in [7, 11) is 0. The average molecular weight is 226 g/mol. The molecule has 1 saturated heterocycles. The lowest BCUT2D eigenvalue weighted by Gasteiger charge is -2.31. The summed E-state index contributed by atoms with van der Waals surface area (Å²) in [5, 5.41) is 0.430. The summed E-state index contributed by atoms with van der Waals surface area (Å²) in [6, 6.07) is 4.77. The Kier molecular flexibility index (Phi) is 2.96. The first kappa shape index (κ1) is 10.5. The molecule has 0 saturated carbocycles. The molecule has 15 heavy (non-hydrogen) atoms. The highest BCUT2D eigenvalue weighted by molar-refractivity contribution is 6.30. The first-order chi connectivity index (χ1) is 7.18. The van der Waals surface area contributed by atoms with Gasteiger partial charge in [0.25, 0.3) is 0 Å². The molecule has 1 aromatic carbocycles. The van der Waals surface area contributed by atoms with E-state index in [9.17, 15) is 4.39 Å². The van der Waals surface area contributed by atoms with Crippen molar-refractivity contribution >= 4 is 17.3 Å². The Hall–Kier alpha value is -1.02. The number of anilines is 1. The molecule has 3 heteroatoms. The van der Waals surface area contributed by atoms with Crippen LogP contribution in [0.2, 0.25) is 5.02 Å². The van der Waals surface area contributed by atoms with E-state index in [0.29, 0.717) is 10.7 Å². The summed E-state index contributed by atoms with van der Waals surface area (Å²) in [5.74, 6) is -0.273. The zero-order valence-corrected chi connectivity index (χ0v) is 9.23. The maximum atomic E-state index is 13.6. The van der Waals surface area contributed by atoms with Crippen LogP contribution in [-0.2, 0) is 0 Å². The van der Waals surface area contributed by atoms with Gasteiger partial charge in [-0.25, -0.2) is 4.39 Å². The van der Waals surface area contributed by atoms with E-state index in [4.69, 9.17) is 11.6 Å². The zero-order chi connectivity index (χ0) is 10.8. The molecule has 0 radical (unpaired) electrons. The molecule has 1 fully saturated rings. The highest BCUT2D eigenvalue weighted by atomic mass is 35.5. The molecule has 0 bridgehead atoms. The quantitative estimate of drug-likeness (QED) is 0.699. The Morgan fingerprint density at radius 3 is 2.80 bits per heavy atom. The van der Waals surface area contributed by atoms with Gasteiger partial charge in [-0.05, 0) is 37.5 Å². The van der Waals surface area contributed by atoms with Crippen molar-refractivity contribution < 1.29 is 4.39 Å². The van der Waals surface area contributed by atoms with E-state index in [1.807, 2.05) is 4.90 Å². The van der Waals surface area contributed by atoms with E-state index >= 15 is 0 Å². The number of nitrogens with zero attached hydrogens (tertiary/aromatic N) is 1. The van der Waals surface area contributed by atoms with E-state index in [-0.39, 0.29) is 5.82 Å². The van der Waals surface area contributed by atoms with E-state index in [1.165, 1.54) is 6.07 Å². The highest BCUT2D eigenvalue weighted by Crippen LogP contribution is 2.29. The molecule has 0 atom stereocenters. The molecule has 0 amide bonds. The van der Waals surface area contributed by atoms with Crippen molar-refractivity contribution in [2.24, 2.45) is 0 Å². The van der Waals surface area contributed by atoms with Gasteiger partial charge >= 0.3 is 0 Å². The lowest BCUT2D eigenvalue weighted by atomic mass is 10.1. The van der Waals surface area contributed by atoms with Crippen molar-refractivity contribution in [1.29, 1.82) is 0 Å².